The van der Waals surface area contributed by atoms with Crippen LogP contribution < -0.4 is 14.9 Å². The molecule has 4 rings (SSSR count). The molecule has 2 aromatic heterocycles. The Balaban J connectivity index is 1.52. The van der Waals surface area contributed by atoms with Crippen LogP contribution in [0, 0.1) is 12.3 Å². The van der Waals surface area contributed by atoms with E-state index < -0.39 is 39.1 Å². The van der Waals surface area contributed by atoms with Crippen molar-refractivity contribution in [3.8, 4) is 18.1 Å². The normalized spacial score (nSPS) is 13.7. The molecule has 0 radical (unpaired) electrons. The number of benzene rings is 1. The Morgan fingerprint density at radius 2 is 1.88 bits per heavy atom. The van der Waals surface area contributed by atoms with Crippen molar-refractivity contribution in [3.63, 3.8) is 0 Å². The first-order valence-corrected chi connectivity index (χ1v) is 16.7. The van der Waals surface area contributed by atoms with Gasteiger partial charge in [-0.15, -0.1) is 17.8 Å². The van der Waals surface area contributed by atoms with E-state index in [4.69, 9.17) is 15.9 Å². The minimum atomic E-state index is -4.17. The van der Waals surface area contributed by atoms with E-state index in [0.717, 1.165) is 46.3 Å². The van der Waals surface area contributed by atoms with Crippen molar-refractivity contribution in [3.05, 3.63) is 39.0 Å². The maximum Gasteiger partial charge on any atom is 0.341 e. The summed E-state index contributed by atoms with van der Waals surface area (Å²) in [6.07, 6.45) is 9.90. The Bertz CT molecular complexity index is 1690. The molecule has 1 N–H and O–H groups in total. The van der Waals surface area contributed by atoms with Gasteiger partial charge in [-0.2, -0.15) is 4.99 Å². The van der Waals surface area contributed by atoms with Crippen LogP contribution in [0.25, 0.3) is 10.2 Å². The van der Waals surface area contributed by atoms with Crippen molar-refractivity contribution in [2.45, 2.75) is 52.5 Å². The predicted octanol–water partition coefficient (Wildman–Crippen LogP) is 3.72. The summed E-state index contributed by atoms with van der Waals surface area (Å²) in [6.45, 7) is 4.35. The Morgan fingerprint density at radius 1 is 1.10 bits per heavy atom. The molecule has 1 aliphatic rings. The van der Waals surface area contributed by atoms with Gasteiger partial charge in [0.1, 0.15) is 22.3 Å². The fourth-order valence-electron chi connectivity index (χ4n) is 4.63. The summed E-state index contributed by atoms with van der Waals surface area (Å²) in [5, 5.41) is 2.86. The Hall–Kier alpha value is -3.47. The van der Waals surface area contributed by atoms with Gasteiger partial charge in [0.2, 0.25) is 5.91 Å². The van der Waals surface area contributed by atoms with Gasteiger partial charge in [-0.1, -0.05) is 23.7 Å². The quantitative estimate of drug-likeness (QED) is 0.208. The third-order valence-corrected chi connectivity index (χ3v) is 9.92. The second-order valence-corrected chi connectivity index (χ2v) is 13.5. The van der Waals surface area contributed by atoms with Gasteiger partial charge in [-0.25, -0.2) is 13.2 Å². The number of amides is 2. The van der Waals surface area contributed by atoms with E-state index in [1.165, 1.54) is 22.7 Å². The van der Waals surface area contributed by atoms with E-state index in [1.807, 2.05) is 6.92 Å². The molecule has 41 heavy (non-hydrogen) atoms. The summed E-state index contributed by atoms with van der Waals surface area (Å²) in [7, 11) is -4.17. The van der Waals surface area contributed by atoms with Crippen molar-refractivity contribution in [2.24, 2.45) is 4.99 Å². The number of hydrogen-bond acceptors (Lipinski definition) is 9. The number of aromatic nitrogens is 1. The Labute approximate surface area is 246 Å². The molecule has 1 aliphatic carbocycles. The monoisotopic (exact) mass is 617 g/mol. The maximum absolute atomic E-state index is 12.8. The highest BCUT2D eigenvalue weighted by Gasteiger charge is 2.28. The fourth-order valence-corrected chi connectivity index (χ4v) is 8.01. The van der Waals surface area contributed by atoms with Gasteiger partial charge in [0.15, 0.2) is 14.6 Å². The van der Waals surface area contributed by atoms with E-state index in [9.17, 15) is 22.8 Å². The molecular weight excluding hydrogens is 587 g/mol. The molecule has 0 unspecified atom stereocenters. The molecule has 218 valence electrons. The number of hydrogen-bond donors (Lipinski definition) is 1. The van der Waals surface area contributed by atoms with E-state index in [0.29, 0.717) is 24.3 Å². The summed E-state index contributed by atoms with van der Waals surface area (Å²) in [5.74, 6) is -1.04. The molecule has 10 nitrogen and oxygen atoms in total. The van der Waals surface area contributed by atoms with Crippen LogP contribution in [0.4, 0.5) is 5.00 Å². The summed E-state index contributed by atoms with van der Waals surface area (Å²) in [6, 6.07) is 5.38. The second kappa shape index (κ2) is 13.5. The second-order valence-electron chi connectivity index (χ2n) is 9.31. The molecule has 3 aromatic rings. The number of carbonyl (C=O) groups excluding carboxylic acids is 3. The number of sulfone groups is 1. The van der Waals surface area contributed by atoms with Crippen LogP contribution in [-0.4, -0.2) is 55.5 Å². The van der Waals surface area contributed by atoms with Crippen LogP contribution in [0.15, 0.2) is 23.2 Å². The van der Waals surface area contributed by atoms with E-state index >= 15 is 0 Å². The highest BCUT2D eigenvalue weighted by atomic mass is 32.2. The zero-order valence-corrected chi connectivity index (χ0v) is 25.3. The minimum Gasteiger partial charge on any atom is -0.494 e. The third-order valence-electron chi connectivity index (χ3n) is 6.28. The van der Waals surface area contributed by atoms with E-state index in [2.05, 4.69) is 16.2 Å². The number of fused-ring (bicyclic) bond motifs is 2. The molecule has 2 heterocycles. The largest absolute Gasteiger partial charge is 0.494 e. The molecule has 2 amide bonds. The average molecular weight is 618 g/mol. The van der Waals surface area contributed by atoms with Gasteiger partial charge in [-0.05, 0) is 63.3 Å². The number of esters is 1. The number of ether oxygens (including phenoxy) is 2. The maximum atomic E-state index is 12.8. The Morgan fingerprint density at radius 3 is 2.61 bits per heavy atom. The number of thiophene rings is 1. The highest BCUT2D eigenvalue weighted by molar-refractivity contribution is 7.92. The number of thiazole rings is 1. The van der Waals surface area contributed by atoms with Crippen LogP contribution in [0.5, 0.6) is 5.75 Å². The minimum absolute atomic E-state index is 0.128. The SMILES string of the molecule is C#CCn1c(=NC(=O)CS(=O)(=O)CC(=O)Nc2sc3c(c2C(=O)OCC)CCCCC3)sc2cc(OCC)ccc21. The Kier molecular flexibility index (Phi) is 10.0. The fraction of sp³-hybridized carbons (Fsp3) is 0.429. The number of nitrogens with one attached hydrogen (secondary N) is 1. The van der Waals surface area contributed by atoms with Gasteiger partial charge in [0, 0.05) is 4.88 Å². The van der Waals surface area contributed by atoms with E-state index in [1.54, 1.807) is 29.7 Å². The van der Waals surface area contributed by atoms with E-state index in [-0.39, 0.29) is 23.0 Å². The number of nitrogens with zero attached hydrogens (tertiary/aromatic N) is 2. The van der Waals surface area contributed by atoms with Gasteiger partial charge < -0.3 is 19.4 Å². The molecule has 0 bridgehead atoms. The smallest absolute Gasteiger partial charge is 0.341 e. The number of rotatable bonds is 10. The zero-order valence-electron chi connectivity index (χ0n) is 22.9. The van der Waals surface area contributed by atoms with Gasteiger partial charge in [-0.3, -0.25) is 9.59 Å². The lowest BCUT2D eigenvalue weighted by atomic mass is 10.1. The summed E-state index contributed by atoms with van der Waals surface area (Å²) in [4.78, 5) is 43.5. The lowest BCUT2D eigenvalue weighted by molar-refractivity contribution is -0.115. The summed E-state index contributed by atoms with van der Waals surface area (Å²) >= 11 is 2.45. The van der Waals surface area contributed by atoms with Crippen LogP contribution in [0.2, 0.25) is 0 Å². The lowest BCUT2D eigenvalue weighted by Crippen LogP contribution is -2.28. The molecule has 0 aliphatic heterocycles. The lowest BCUT2D eigenvalue weighted by Gasteiger charge is -2.08. The van der Waals surface area contributed by atoms with Crippen molar-refractivity contribution < 1.29 is 32.3 Å². The van der Waals surface area contributed by atoms with Crippen molar-refractivity contribution in [1.82, 2.24) is 4.57 Å². The molecule has 1 aromatic carbocycles. The average Bonchev–Trinajstić information content (AvgIpc) is 3.30. The highest BCUT2D eigenvalue weighted by Crippen LogP contribution is 2.38. The molecule has 0 spiro atoms. The number of terminal acetylenes is 1. The predicted molar refractivity (Wildman–Crippen MR) is 159 cm³/mol. The molecule has 0 saturated carbocycles. The summed E-state index contributed by atoms with van der Waals surface area (Å²) in [5.41, 5.74) is 1.88. The van der Waals surface area contributed by atoms with Gasteiger partial charge in [0.05, 0.1) is 35.5 Å². The first-order valence-electron chi connectivity index (χ1n) is 13.2. The van der Waals surface area contributed by atoms with Crippen LogP contribution >= 0.6 is 22.7 Å². The van der Waals surface area contributed by atoms with Crippen molar-refractivity contribution in [1.29, 1.82) is 0 Å². The number of aryl methyl sites for hydroxylation is 1. The number of anilines is 1. The molecular formula is C28H31N3O7S3. The summed E-state index contributed by atoms with van der Waals surface area (Å²) < 4.78 is 38.8. The topological polar surface area (TPSA) is 133 Å². The first-order chi connectivity index (χ1) is 19.7. The van der Waals surface area contributed by atoms with Gasteiger partial charge in [0.25, 0.3) is 5.91 Å². The number of carbonyl (C=O) groups is 3. The van der Waals surface area contributed by atoms with Crippen molar-refractivity contribution >= 4 is 65.5 Å². The zero-order chi connectivity index (χ0) is 29.6. The van der Waals surface area contributed by atoms with Crippen LogP contribution in [-0.2, 0) is 43.5 Å². The van der Waals surface area contributed by atoms with Gasteiger partial charge >= 0.3 is 5.97 Å². The molecule has 13 heteroatoms. The van der Waals surface area contributed by atoms with Crippen LogP contribution in [0.3, 0.4) is 0 Å². The molecule has 0 atom stereocenters. The first kappa shape index (κ1) is 30.5. The molecule has 0 saturated heterocycles. The van der Waals surface area contributed by atoms with Crippen molar-refractivity contribution in [2.75, 3.05) is 30.0 Å². The van der Waals surface area contributed by atoms with Crippen LogP contribution in [0.1, 0.15) is 53.9 Å². The standard InChI is InChI=1S/C28H31N3O7S3/c1-4-14-31-20-13-12-18(37-5-2)15-22(20)40-28(31)30-24(33)17-41(35,36)16-23(32)29-26-25(27(34)38-6-3)19-10-8-7-9-11-21(19)39-26/h1,12-13,15H,5-11,14,16-17H2,2-3H3,(H,29,32). The third kappa shape index (κ3) is 7.44. The molecule has 0 fully saturated rings.